The van der Waals surface area contributed by atoms with E-state index in [9.17, 15) is 14.7 Å². The highest BCUT2D eigenvalue weighted by atomic mass is 16.5. The molecule has 8 nitrogen and oxygen atoms in total. The van der Waals surface area contributed by atoms with Gasteiger partial charge in [-0.25, -0.2) is 0 Å². The summed E-state index contributed by atoms with van der Waals surface area (Å²) in [7, 11) is 2.95. The lowest BCUT2D eigenvalue weighted by Crippen LogP contribution is -2.29. The molecule has 0 saturated carbocycles. The van der Waals surface area contributed by atoms with E-state index in [2.05, 4.69) is 0 Å². The van der Waals surface area contributed by atoms with Crippen LogP contribution in [0.1, 0.15) is 30.0 Å². The molecule has 1 atom stereocenters. The summed E-state index contributed by atoms with van der Waals surface area (Å²) in [5.74, 6) is 0.413. The number of Topliss-reactive ketones (excluding diaryl/α,β-unsaturated/α-hetero) is 1. The van der Waals surface area contributed by atoms with Crippen LogP contribution in [-0.4, -0.2) is 37.6 Å². The van der Waals surface area contributed by atoms with E-state index in [-0.39, 0.29) is 16.9 Å². The van der Waals surface area contributed by atoms with Crippen LogP contribution in [0.5, 0.6) is 17.2 Å². The molecule has 0 bridgehead atoms. The van der Waals surface area contributed by atoms with E-state index in [1.165, 1.54) is 19.1 Å². The van der Waals surface area contributed by atoms with Crippen LogP contribution in [0.2, 0.25) is 0 Å². The number of anilines is 1. The van der Waals surface area contributed by atoms with Crippen molar-refractivity contribution >= 4 is 23.1 Å². The van der Waals surface area contributed by atoms with Gasteiger partial charge in [0, 0.05) is 11.8 Å². The first-order valence-electron chi connectivity index (χ1n) is 10.7. The van der Waals surface area contributed by atoms with Crippen molar-refractivity contribution in [1.82, 2.24) is 0 Å². The average Bonchev–Trinajstić information content (AvgIpc) is 3.39. The summed E-state index contributed by atoms with van der Waals surface area (Å²) in [4.78, 5) is 27.8. The van der Waals surface area contributed by atoms with Gasteiger partial charge in [0.2, 0.25) is 0 Å². The first-order chi connectivity index (χ1) is 16.4. The van der Waals surface area contributed by atoms with E-state index >= 15 is 0 Å². The molecule has 1 aliphatic heterocycles. The van der Waals surface area contributed by atoms with Gasteiger partial charge in [0.1, 0.15) is 40.6 Å². The van der Waals surface area contributed by atoms with E-state index < -0.39 is 17.7 Å². The summed E-state index contributed by atoms with van der Waals surface area (Å²) in [6.07, 6.45) is 0. The zero-order valence-electron chi connectivity index (χ0n) is 19.3. The lowest BCUT2D eigenvalue weighted by molar-refractivity contribution is -0.132. The molecule has 1 fully saturated rings. The van der Waals surface area contributed by atoms with Crippen LogP contribution in [0.4, 0.5) is 5.69 Å². The maximum Gasteiger partial charge on any atom is 0.300 e. The number of ether oxygens (including phenoxy) is 3. The van der Waals surface area contributed by atoms with Gasteiger partial charge in [0.25, 0.3) is 11.7 Å². The molecule has 3 aromatic rings. The first kappa shape index (κ1) is 23.0. The van der Waals surface area contributed by atoms with Gasteiger partial charge < -0.3 is 23.7 Å². The van der Waals surface area contributed by atoms with E-state index in [1.54, 1.807) is 61.5 Å². The monoisotopic (exact) mass is 463 g/mol. The molecule has 0 spiro atoms. The third kappa shape index (κ3) is 3.98. The number of benzene rings is 2. The lowest BCUT2D eigenvalue weighted by Gasteiger charge is -2.23. The van der Waals surface area contributed by atoms with Gasteiger partial charge >= 0.3 is 0 Å². The van der Waals surface area contributed by atoms with E-state index in [0.717, 1.165) is 0 Å². The molecular formula is C26H25NO7. The number of hydrogen-bond acceptors (Lipinski definition) is 7. The van der Waals surface area contributed by atoms with Crippen LogP contribution >= 0.6 is 0 Å². The Morgan fingerprint density at radius 2 is 1.71 bits per heavy atom. The summed E-state index contributed by atoms with van der Waals surface area (Å²) >= 11 is 0. The molecule has 1 amide bonds. The molecule has 1 aliphatic rings. The number of furan rings is 1. The van der Waals surface area contributed by atoms with Gasteiger partial charge in [0.15, 0.2) is 0 Å². The predicted molar refractivity (Wildman–Crippen MR) is 125 cm³/mol. The van der Waals surface area contributed by atoms with Gasteiger partial charge in [-0.3, -0.25) is 14.5 Å². The number of nitrogens with zero attached hydrogens (tertiary/aromatic N) is 1. The Morgan fingerprint density at radius 1 is 1.00 bits per heavy atom. The summed E-state index contributed by atoms with van der Waals surface area (Å²) in [5, 5.41) is 11.3. The molecule has 1 N–H and O–H groups in total. The quantitative estimate of drug-likeness (QED) is 0.310. The Morgan fingerprint density at radius 3 is 2.29 bits per heavy atom. The zero-order valence-corrected chi connectivity index (χ0v) is 19.3. The highest BCUT2D eigenvalue weighted by Crippen LogP contribution is 2.44. The number of carbonyl (C=O) groups excluding carboxylic acids is 2. The molecule has 0 radical (unpaired) electrons. The number of carbonyl (C=O) groups is 2. The van der Waals surface area contributed by atoms with Crippen LogP contribution < -0.4 is 19.1 Å². The number of rotatable bonds is 7. The van der Waals surface area contributed by atoms with Gasteiger partial charge in [0.05, 0.1) is 32.0 Å². The summed E-state index contributed by atoms with van der Waals surface area (Å²) in [5.41, 5.74) is 0.614. The minimum absolute atomic E-state index is 0.100. The highest BCUT2D eigenvalue weighted by Gasteiger charge is 2.48. The Balaban J connectivity index is 1.90. The average molecular weight is 463 g/mol. The molecule has 0 aliphatic carbocycles. The third-order valence-electron chi connectivity index (χ3n) is 5.56. The Hall–Kier alpha value is -4.20. The maximum absolute atomic E-state index is 13.2. The molecule has 4 rings (SSSR count). The summed E-state index contributed by atoms with van der Waals surface area (Å²) < 4.78 is 21.9. The number of aliphatic hydroxyl groups excluding tert-OH is 1. The number of methoxy groups -OCH3 is 2. The standard InChI is InChI=1S/C26H25NO7/c1-5-33-17-9-7-16(8-10-17)27-23(20-13-6-15(2)34-20)22(25(29)26(27)30)24(28)19-12-11-18(31-3)14-21(19)32-4/h6-14,23,28H,5H2,1-4H3/b24-22-. The Bertz CT molecular complexity index is 1260. The van der Waals surface area contributed by atoms with Crippen molar-refractivity contribution < 1.29 is 33.3 Å². The molecule has 1 saturated heterocycles. The van der Waals surface area contributed by atoms with E-state index in [4.69, 9.17) is 18.6 Å². The van der Waals surface area contributed by atoms with Crippen LogP contribution in [-0.2, 0) is 9.59 Å². The van der Waals surface area contributed by atoms with Gasteiger partial charge in [-0.05, 0) is 62.4 Å². The first-order valence-corrected chi connectivity index (χ1v) is 10.7. The summed E-state index contributed by atoms with van der Waals surface area (Å²) in [6, 6.07) is 14.0. The van der Waals surface area contributed by atoms with Gasteiger partial charge in [-0.15, -0.1) is 0 Å². The summed E-state index contributed by atoms with van der Waals surface area (Å²) in [6.45, 7) is 4.14. The molecule has 8 heteroatoms. The molecule has 176 valence electrons. The second-order valence-electron chi connectivity index (χ2n) is 7.61. The van der Waals surface area contributed by atoms with Crippen molar-refractivity contribution in [3.8, 4) is 17.2 Å². The van der Waals surface area contributed by atoms with E-state index in [1.807, 2.05) is 6.92 Å². The number of amides is 1. The number of ketones is 1. The third-order valence-corrected chi connectivity index (χ3v) is 5.56. The molecule has 1 aromatic heterocycles. The number of aliphatic hydroxyl groups is 1. The Kier molecular flexibility index (Phi) is 6.32. The minimum atomic E-state index is -0.974. The molecule has 1 unspecified atom stereocenters. The minimum Gasteiger partial charge on any atom is -0.507 e. The second-order valence-corrected chi connectivity index (χ2v) is 7.61. The zero-order chi connectivity index (χ0) is 24.4. The van der Waals surface area contributed by atoms with Crippen LogP contribution in [0.15, 0.2) is 64.6 Å². The lowest BCUT2D eigenvalue weighted by atomic mass is 9.98. The van der Waals surface area contributed by atoms with Crippen molar-refractivity contribution in [3.63, 3.8) is 0 Å². The fourth-order valence-corrected chi connectivity index (χ4v) is 3.98. The second kappa shape index (κ2) is 9.35. The van der Waals surface area contributed by atoms with Crippen molar-refractivity contribution in [2.45, 2.75) is 19.9 Å². The maximum atomic E-state index is 13.2. The smallest absolute Gasteiger partial charge is 0.300 e. The normalized spacial score (nSPS) is 17.2. The molecule has 2 heterocycles. The van der Waals surface area contributed by atoms with E-state index in [0.29, 0.717) is 41.1 Å². The van der Waals surface area contributed by atoms with Crippen LogP contribution in [0.3, 0.4) is 0 Å². The molecule has 2 aromatic carbocycles. The van der Waals surface area contributed by atoms with Crippen LogP contribution in [0, 0.1) is 6.92 Å². The highest BCUT2D eigenvalue weighted by molar-refractivity contribution is 6.51. The molecule has 34 heavy (non-hydrogen) atoms. The SMILES string of the molecule is CCOc1ccc(N2C(=O)C(=O)/C(=C(\O)c3ccc(OC)cc3OC)C2c2ccc(C)o2)cc1. The van der Waals surface area contributed by atoms with Gasteiger partial charge in [-0.2, -0.15) is 0 Å². The van der Waals surface area contributed by atoms with Gasteiger partial charge in [-0.1, -0.05) is 0 Å². The fourth-order valence-electron chi connectivity index (χ4n) is 3.98. The van der Waals surface area contributed by atoms with Crippen molar-refractivity contribution in [3.05, 3.63) is 77.3 Å². The Labute approximate surface area is 197 Å². The van der Waals surface area contributed by atoms with Crippen molar-refractivity contribution in [1.29, 1.82) is 0 Å². The largest absolute Gasteiger partial charge is 0.507 e. The van der Waals surface area contributed by atoms with Crippen molar-refractivity contribution in [2.24, 2.45) is 0 Å². The molecular weight excluding hydrogens is 438 g/mol. The number of aryl methyl sites for hydroxylation is 1. The predicted octanol–water partition coefficient (Wildman–Crippen LogP) is 4.63. The van der Waals surface area contributed by atoms with Crippen LogP contribution in [0.25, 0.3) is 5.76 Å². The fraction of sp³-hybridized carbons (Fsp3) is 0.231. The number of hydrogen-bond donors (Lipinski definition) is 1. The topological polar surface area (TPSA) is 98.4 Å². The van der Waals surface area contributed by atoms with Crippen molar-refractivity contribution in [2.75, 3.05) is 25.7 Å².